The van der Waals surface area contributed by atoms with Crippen molar-refractivity contribution in [3.63, 3.8) is 0 Å². The van der Waals surface area contributed by atoms with Gasteiger partial charge in [0.05, 0.1) is 18.9 Å². The number of anilines is 1. The van der Waals surface area contributed by atoms with Crippen molar-refractivity contribution in [3.05, 3.63) is 66.4 Å². The Balaban J connectivity index is 1.64. The lowest BCUT2D eigenvalue weighted by Gasteiger charge is -2.04. The van der Waals surface area contributed by atoms with Crippen LogP contribution in [0.25, 0.3) is 22.2 Å². The molecule has 4 rings (SSSR count). The van der Waals surface area contributed by atoms with E-state index in [-0.39, 0.29) is 5.91 Å². The first-order valence-corrected chi connectivity index (χ1v) is 7.72. The fourth-order valence-electron chi connectivity index (χ4n) is 2.63. The minimum Gasteiger partial charge on any atom is -0.497 e. The highest BCUT2D eigenvalue weighted by atomic mass is 16.5. The Kier molecular flexibility index (Phi) is 3.70. The molecular weight excluding hydrogens is 318 g/mol. The van der Waals surface area contributed by atoms with E-state index >= 15 is 0 Å². The summed E-state index contributed by atoms with van der Waals surface area (Å²) in [5, 5.41) is 10.8. The number of hydrogen-bond acceptors (Lipinski definition) is 4. The van der Waals surface area contributed by atoms with Crippen molar-refractivity contribution in [1.29, 1.82) is 0 Å². The Bertz CT molecular complexity index is 1020. The molecule has 0 aliphatic carbocycles. The van der Waals surface area contributed by atoms with Gasteiger partial charge in [0.25, 0.3) is 5.91 Å². The van der Waals surface area contributed by atoms with Crippen LogP contribution in [0.5, 0.6) is 5.75 Å². The number of ether oxygens (including phenoxy) is 1. The molecule has 0 radical (unpaired) electrons. The second-order valence-corrected chi connectivity index (χ2v) is 5.49. The van der Waals surface area contributed by atoms with Crippen LogP contribution in [-0.2, 0) is 0 Å². The zero-order valence-corrected chi connectivity index (χ0v) is 13.4. The van der Waals surface area contributed by atoms with E-state index < -0.39 is 0 Å². The smallest absolute Gasteiger partial charge is 0.256 e. The zero-order valence-electron chi connectivity index (χ0n) is 13.4. The number of nitrogens with zero attached hydrogens (tertiary/aromatic N) is 1. The normalized spacial score (nSPS) is 10.8. The zero-order chi connectivity index (χ0) is 17.2. The van der Waals surface area contributed by atoms with Crippen molar-refractivity contribution in [2.24, 2.45) is 0 Å². The van der Waals surface area contributed by atoms with E-state index in [1.807, 2.05) is 30.3 Å². The predicted molar refractivity (Wildman–Crippen MR) is 94.7 cm³/mol. The first-order chi connectivity index (χ1) is 12.2. The lowest BCUT2D eigenvalue weighted by Crippen LogP contribution is -2.12. The van der Waals surface area contributed by atoms with E-state index in [4.69, 9.17) is 9.15 Å². The molecule has 0 spiro atoms. The van der Waals surface area contributed by atoms with Gasteiger partial charge in [0, 0.05) is 16.5 Å². The molecule has 0 fully saturated rings. The average Bonchev–Trinajstić information content (AvgIpc) is 3.32. The van der Waals surface area contributed by atoms with Crippen molar-refractivity contribution >= 4 is 22.6 Å². The summed E-state index contributed by atoms with van der Waals surface area (Å²) in [5.74, 6) is 1.70. The molecule has 4 aromatic rings. The Labute approximate surface area is 143 Å². The number of nitrogens with one attached hydrogen (secondary N) is 2. The third kappa shape index (κ3) is 2.85. The van der Waals surface area contributed by atoms with E-state index in [0.717, 1.165) is 22.2 Å². The molecule has 2 aromatic heterocycles. The maximum Gasteiger partial charge on any atom is 0.256 e. The van der Waals surface area contributed by atoms with Gasteiger partial charge in [0.1, 0.15) is 11.5 Å². The summed E-state index contributed by atoms with van der Waals surface area (Å²) in [6.45, 7) is 0. The largest absolute Gasteiger partial charge is 0.497 e. The SMILES string of the molecule is COc1ccc(C(=O)Nc2n[nH]c3ccc(-c4ccco4)cc23)cc1. The van der Waals surface area contributed by atoms with E-state index in [0.29, 0.717) is 17.1 Å². The van der Waals surface area contributed by atoms with Gasteiger partial charge in [0.2, 0.25) is 0 Å². The van der Waals surface area contributed by atoms with Crippen LogP contribution < -0.4 is 10.1 Å². The molecule has 6 nitrogen and oxygen atoms in total. The third-order valence-electron chi connectivity index (χ3n) is 3.95. The molecule has 0 aliphatic heterocycles. The number of hydrogen-bond donors (Lipinski definition) is 2. The topological polar surface area (TPSA) is 80.1 Å². The molecule has 0 bridgehead atoms. The summed E-state index contributed by atoms with van der Waals surface area (Å²) in [5.41, 5.74) is 2.28. The fraction of sp³-hybridized carbons (Fsp3) is 0.0526. The quantitative estimate of drug-likeness (QED) is 0.589. The Morgan fingerprint density at radius 3 is 2.72 bits per heavy atom. The monoisotopic (exact) mass is 333 g/mol. The van der Waals surface area contributed by atoms with Gasteiger partial charge in [-0.3, -0.25) is 9.89 Å². The van der Waals surface area contributed by atoms with Gasteiger partial charge < -0.3 is 14.5 Å². The number of furan rings is 1. The summed E-state index contributed by atoms with van der Waals surface area (Å²) in [7, 11) is 1.58. The third-order valence-corrected chi connectivity index (χ3v) is 3.95. The van der Waals surface area contributed by atoms with E-state index in [2.05, 4.69) is 15.5 Å². The van der Waals surface area contributed by atoms with Crippen LogP contribution in [0, 0.1) is 0 Å². The van der Waals surface area contributed by atoms with Crippen LogP contribution in [0.2, 0.25) is 0 Å². The molecule has 2 heterocycles. The van der Waals surface area contributed by atoms with Crippen molar-refractivity contribution < 1.29 is 13.9 Å². The van der Waals surface area contributed by atoms with Gasteiger partial charge >= 0.3 is 0 Å². The number of rotatable bonds is 4. The van der Waals surface area contributed by atoms with Crippen LogP contribution in [-0.4, -0.2) is 23.2 Å². The maximum absolute atomic E-state index is 12.4. The highest BCUT2D eigenvalue weighted by molar-refractivity contribution is 6.08. The standard InChI is InChI=1S/C19H15N3O3/c1-24-14-7-4-12(5-8-14)19(23)20-18-15-11-13(17-3-2-10-25-17)6-9-16(15)21-22-18/h2-11H,1H3,(H2,20,21,22,23). The number of carbonyl (C=O) groups is 1. The molecule has 0 aliphatic rings. The lowest BCUT2D eigenvalue weighted by molar-refractivity contribution is 0.102. The molecule has 25 heavy (non-hydrogen) atoms. The van der Waals surface area contributed by atoms with E-state index in [1.54, 1.807) is 37.6 Å². The van der Waals surface area contributed by atoms with Crippen LogP contribution in [0.1, 0.15) is 10.4 Å². The summed E-state index contributed by atoms with van der Waals surface area (Å²) in [4.78, 5) is 12.4. The van der Waals surface area contributed by atoms with Crippen molar-refractivity contribution in [1.82, 2.24) is 10.2 Å². The first-order valence-electron chi connectivity index (χ1n) is 7.72. The minimum absolute atomic E-state index is 0.237. The second kappa shape index (κ2) is 6.16. The highest BCUT2D eigenvalue weighted by Gasteiger charge is 2.13. The molecule has 0 saturated carbocycles. The molecule has 124 valence electrons. The number of fused-ring (bicyclic) bond motifs is 1. The van der Waals surface area contributed by atoms with Crippen molar-refractivity contribution in [2.45, 2.75) is 0 Å². The van der Waals surface area contributed by atoms with Gasteiger partial charge in [-0.25, -0.2) is 0 Å². The Hall–Kier alpha value is -3.54. The predicted octanol–water partition coefficient (Wildman–Crippen LogP) is 4.08. The summed E-state index contributed by atoms with van der Waals surface area (Å²) >= 11 is 0. The first kappa shape index (κ1) is 15.0. The van der Waals surface area contributed by atoms with Gasteiger partial charge in [-0.1, -0.05) is 0 Å². The van der Waals surface area contributed by atoms with Crippen LogP contribution >= 0.6 is 0 Å². The van der Waals surface area contributed by atoms with Gasteiger partial charge in [-0.15, -0.1) is 0 Å². The van der Waals surface area contributed by atoms with Gasteiger partial charge in [-0.2, -0.15) is 5.10 Å². The number of H-pyrrole nitrogens is 1. The van der Waals surface area contributed by atoms with E-state index in [1.165, 1.54) is 0 Å². The van der Waals surface area contributed by atoms with Crippen molar-refractivity contribution in [3.8, 4) is 17.1 Å². The number of amides is 1. The molecule has 2 N–H and O–H groups in total. The van der Waals surface area contributed by atoms with E-state index in [9.17, 15) is 4.79 Å². The highest BCUT2D eigenvalue weighted by Crippen LogP contribution is 2.28. The Morgan fingerprint density at radius 2 is 2.00 bits per heavy atom. The van der Waals surface area contributed by atoms with Crippen molar-refractivity contribution in [2.75, 3.05) is 12.4 Å². The maximum atomic E-state index is 12.4. The molecular formula is C19H15N3O3. The van der Waals surface area contributed by atoms with Gasteiger partial charge in [-0.05, 0) is 54.6 Å². The fourth-order valence-corrected chi connectivity index (χ4v) is 2.63. The minimum atomic E-state index is -0.237. The molecule has 0 atom stereocenters. The summed E-state index contributed by atoms with van der Waals surface area (Å²) in [6.07, 6.45) is 1.63. The van der Waals surface area contributed by atoms with Crippen LogP contribution in [0.3, 0.4) is 0 Å². The summed E-state index contributed by atoms with van der Waals surface area (Å²) < 4.78 is 10.5. The van der Waals surface area contributed by atoms with Crippen LogP contribution in [0.4, 0.5) is 5.82 Å². The molecule has 0 saturated heterocycles. The number of benzene rings is 2. The number of aromatic nitrogens is 2. The molecule has 2 aromatic carbocycles. The van der Waals surface area contributed by atoms with Crippen LogP contribution in [0.15, 0.2) is 65.3 Å². The number of methoxy groups -OCH3 is 1. The Morgan fingerprint density at radius 1 is 1.16 bits per heavy atom. The summed E-state index contributed by atoms with van der Waals surface area (Å²) in [6, 6.07) is 16.4. The lowest BCUT2D eigenvalue weighted by atomic mass is 10.1. The molecule has 6 heteroatoms. The molecule has 0 unspecified atom stereocenters. The average molecular weight is 333 g/mol. The second-order valence-electron chi connectivity index (χ2n) is 5.49. The molecule has 1 amide bonds. The number of aromatic amines is 1. The van der Waals surface area contributed by atoms with Gasteiger partial charge in [0.15, 0.2) is 5.82 Å². The number of carbonyl (C=O) groups excluding carboxylic acids is 1.